The summed E-state index contributed by atoms with van der Waals surface area (Å²) >= 11 is 12.3. The topological polar surface area (TPSA) is 12.0 Å². The summed E-state index contributed by atoms with van der Waals surface area (Å²) in [6.07, 6.45) is 2.50. The van der Waals surface area contributed by atoms with Crippen LogP contribution < -0.4 is 5.32 Å². The van der Waals surface area contributed by atoms with E-state index in [1.165, 1.54) is 29.5 Å². The van der Waals surface area contributed by atoms with Crippen LogP contribution in [0.1, 0.15) is 41.5 Å². The highest BCUT2D eigenvalue weighted by atomic mass is 35.5. The number of nitrogens with one attached hydrogen (secondary N) is 1. The Morgan fingerprint density at radius 2 is 1.67 bits per heavy atom. The summed E-state index contributed by atoms with van der Waals surface area (Å²) in [7, 11) is 0. The predicted molar refractivity (Wildman–Crippen MR) is 88.2 cm³/mol. The normalized spacial score (nSPS) is 27.2. The van der Waals surface area contributed by atoms with Gasteiger partial charge in [0.25, 0.3) is 0 Å². The second-order valence-corrected chi connectivity index (χ2v) is 6.91. The fraction of sp³-hybridized carbons (Fsp3) is 0.333. The minimum Gasteiger partial charge on any atom is -0.310 e. The maximum Gasteiger partial charge on any atom is 0.0409 e. The van der Waals surface area contributed by atoms with Gasteiger partial charge in [0.15, 0.2) is 0 Å². The fourth-order valence-electron chi connectivity index (χ4n) is 4.04. The number of hydrogen-bond acceptors (Lipinski definition) is 1. The molecule has 2 aliphatic rings. The molecule has 2 aromatic rings. The van der Waals surface area contributed by atoms with Crippen LogP contribution in [0.15, 0.2) is 42.5 Å². The van der Waals surface area contributed by atoms with E-state index in [-0.39, 0.29) is 0 Å². The van der Waals surface area contributed by atoms with Gasteiger partial charge in [-0.05, 0) is 66.3 Å². The Labute approximate surface area is 135 Å². The molecule has 0 radical (unpaired) electrons. The van der Waals surface area contributed by atoms with Gasteiger partial charge in [0, 0.05) is 22.0 Å². The van der Waals surface area contributed by atoms with Crippen LogP contribution in [0, 0.1) is 5.92 Å². The zero-order valence-corrected chi connectivity index (χ0v) is 13.2. The molecule has 0 spiro atoms. The molecule has 21 heavy (non-hydrogen) atoms. The van der Waals surface area contributed by atoms with Gasteiger partial charge < -0.3 is 5.32 Å². The van der Waals surface area contributed by atoms with Crippen molar-refractivity contribution >= 4 is 23.2 Å². The van der Waals surface area contributed by atoms with Crippen LogP contribution in [-0.4, -0.2) is 6.54 Å². The van der Waals surface area contributed by atoms with Crippen LogP contribution >= 0.6 is 23.2 Å². The van der Waals surface area contributed by atoms with Crippen LogP contribution in [0.2, 0.25) is 10.0 Å². The third kappa shape index (κ3) is 2.28. The number of benzene rings is 2. The van der Waals surface area contributed by atoms with Gasteiger partial charge in [-0.15, -0.1) is 0 Å². The van der Waals surface area contributed by atoms with E-state index < -0.39 is 0 Å². The van der Waals surface area contributed by atoms with E-state index in [1.54, 1.807) is 0 Å². The van der Waals surface area contributed by atoms with E-state index in [0.29, 0.717) is 17.9 Å². The molecule has 1 aliphatic carbocycles. The number of hydrogen-bond donors (Lipinski definition) is 1. The average molecular weight is 318 g/mol. The molecule has 0 aromatic heterocycles. The minimum absolute atomic E-state index is 0.438. The monoisotopic (exact) mass is 317 g/mol. The highest BCUT2D eigenvalue weighted by Gasteiger charge is 2.42. The van der Waals surface area contributed by atoms with Crippen LogP contribution in [-0.2, 0) is 0 Å². The summed E-state index contributed by atoms with van der Waals surface area (Å²) in [4.78, 5) is 0. The first kappa shape index (κ1) is 13.6. The van der Waals surface area contributed by atoms with Crippen LogP contribution in [0.3, 0.4) is 0 Å². The molecule has 1 saturated heterocycles. The first-order valence-electron chi connectivity index (χ1n) is 7.52. The van der Waals surface area contributed by atoms with E-state index in [1.807, 2.05) is 18.2 Å². The Morgan fingerprint density at radius 3 is 2.48 bits per heavy atom. The van der Waals surface area contributed by atoms with Crippen molar-refractivity contribution in [2.75, 3.05) is 6.54 Å². The molecule has 108 valence electrons. The predicted octanol–water partition coefficient (Wildman–Crippen LogP) is 5.18. The highest BCUT2D eigenvalue weighted by molar-refractivity contribution is 6.30. The van der Waals surface area contributed by atoms with Crippen molar-refractivity contribution in [2.24, 2.45) is 5.92 Å². The van der Waals surface area contributed by atoms with E-state index in [2.05, 4.69) is 29.6 Å². The maximum absolute atomic E-state index is 6.22. The van der Waals surface area contributed by atoms with Gasteiger partial charge in [-0.2, -0.15) is 0 Å². The molecule has 3 unspecified atom stereocenters. The summed E-state index contributed by atoms with van der Waals surface area (Å²) in [5.41, 5.74) is 4.16. The molecular weight excluding hydrogens is 301 g/mol. The molecule has 0 amide bonds. The van der Waals surface area contributed by atoms with Gasteiger partial charge in [-0.25, -0.2) is 0 Å². The third-order valence-corrected chi connectivity index (χ3v) is 5.37. The fourth-order valence-corrected chi connectivity index (χ4v) is 4.35. The second-order valence-electron chi connectivity index (χ2n) is 6.04. The lowest BCUT2D eigenvalue weighted by molar-refractivity contribution is 0.287. The molecule has 3 atom stereocenters. The molecule has 4 rings (SSSR count). The van der Waals surface area contributed by atoms with Crippen LogP contribution in [0.5, 0.6) is 0 Å². The number of rotatable bonds is 1. The third-order valence-electron chi connectivity index (χ3n) is 4.88. The zero-order chi connectivity index (χ0) is 14.4. The van der Waals surface area contributed by atoms with E-state index in [9.17, 15) is 0 Å². The first-order chi connectivity index (χ1) is 10.2. The standard InChI is InChI=1S/C18H17Cl2N/c19-12-5-3-11(4-6-12)17-14-8-7-13(20)10-16(14)18-15(17)2-1-9-21-18/h3-8,10,15,17-18,21H,1-2,9H2. The Hall–Kier alpha value is -1.02. The minimum atomic E-state index is 0.438. The lowest BCUT2D eigenvalue weighted by Gasteiger charge is -2.31. The largest absolute Gasteiger partial charge is 0.310 e. The first-order valence-corrected chi connectivity index (χ1v) is 8.28. The zero-order valence-electron chi connectivity index (χ0n) is 11.7. The summed E-state index contributed by atoms with van der Waals surface area (Å²) in [5, 5.41) is 5.32. The number of halogens is 2. The Kier molecular flexibility index (Phi) is 3.45. The van der Waals surface area contributed by atoms with Gasteiger partial charge in [0.05, 0.1) is 0 Å². The van der Waals surface area contributed by atoms with Gasteiger partial charge in [0.1, 0.15) is 0 Å². The lowest BCUT2D eigenvalue weighted by Crippen LogP contribution is -2.32. The van der Waals surface area contributed by atoms with Crippen molar-refractivity contribution in [3.05, 3.63) is 69.2 Å². The molecule has 1 N–H and O–H groups in total. The molecule has 0 saturated carbocycles. The SMILES string of the molecule is Clc1ccc(C2c3ccc(Cl)cc3C3NCCCC32)cc1. The highest BCUT2D eigenvalue weighted by Crippen LogP contribution is 2.52. The van der Waals surface area contributed by atoms with E-state index >= 15 is 0 Å². The van der Waals surface area contributed by atoms with Crippen molar-refractivity contribution in [3.63, 3.8) is 0 Å². The number of piperidine rings is 1. The van der Waals surface area contributed by atoms with Crippen molar-refractivity contribution < 1.29 is 0 Å². The Morgan fingerprint density at radius 1 is 0.905 bits per heavy atom. The molecular formula is C18H17Cl2N. The van der Waals surface area contributed by atoms with Gasteiger partial charge in [0.2, 0.25) is 0 Å². The van der Waals surface area contributed by atoms with Crippen molar-refractivity contribution in [3.8, 4) is 0 Å². The van der Waals surface area contributed by atoms with Crippen LogP contribution in [0.25, 0.3) is 0 Å². The van der Waals surface area contributed by atoms with E-state index in [0.717, 1.165) is 16.6 Å². The summed E-state index contributed by atoms with van der Waals surface area (Å²) < 4.78 is 0. The molecule has 1 aliphatic heterocycles. The molecule has 1 heterocycles. The van der Waals surface area contributed by atoms with Gasteiger partial charge in [-0.3, -0.25) is 0 Å². The van der Waals surface area contributed by atoms with Crippen molar-refractivity contribution in [1.82, 2.24) is 5.32 Å². The van der Waals surface area contributed by atoms with E-state index in [4.69, 9.17) is 23.2 Å². The molecule has 1 fully saturated rings. The summed E-state index contributed by atoms with van der Waals surface area (Å²) in [6.45, 7) is 1.10. The van der Waals surface area contributed by atoms with Crippen LogP contribution in [0.4, 0.5) is 0 Å². The van der Waals surface area contributed by atoms with Crippen molar-refractivity contribution in [2.45, 2.75) is 24.8 Å². The number of fused-ring (bicyclic) bond motifs is 3. The molecule has 0 bridgehead atoms. The van der Waals surface area contributed by atoms with Gasteiger partial charge >= 0.3 is 0 Å². The molecule has 3 heteroatoms. The maximum atomic E-state index is 6.22. The average Bonchev–Trinajstić information content (AvgIpc) is 2.82. The lowest BCUT2D eigenvalue weighted by atomic mass is 9.80. The Bertz CT molecular complexity index is 665. The Balaban J connectivity index is 1.84. The molecule has 1 nitrogen and oxygen atoms in total. The van der Waals surface area contributed by atoms with Crippen molar-refractivity contribution in [1.29, 1.82) is 0 Å². The summed E-state index contributed by atoms with van der Waals surface area (Å²) in [6, 6.07) is 15.1. The second kappa shape index (κ2) is 5.31. The summed E-state index contributed by atoms with van der Waals surface area (Å²) in [5.74, 6) is 1.07. The van der Waals surface area contributed by atoms with Gasteiger partial charge in [-0.1, -0.05) is 41.4 Å². The smallest absolute Gasteiger partial charge is 0.0409 e. The quantitative estimate of drug-likeness (QED) is 0.764. The molecule has 2 aromatic carbocycles.